The summed E-state index contributed by atoms with van der Waals surface area (Å²) in [6.07, 6.45) is 5.97. The van der Waals surface area contributed by atoms with E-state index in [1.807, 2.05) is 4.90 Å². The maximum absolute atomic E-state index is 11.9. The van der Waals surface area contributed by atoms with Gasteiger partial charge in [-0.25, -0.2) is 0 Å². The first kappa shape index (κ1) is 16.2. The first-order chi connectivity index (χ1) is 10.3. The number of piperidine rings is 2. The molecular formula is C15H27N3O3. The highest BCUT2D eigenvalue weighted by Crippen LogP contribution is 2.08. The van der Waals surface area contributed by atoms with Crippen molar-refractivity contribution in [3.63, 3.8) is 0 Å². The molecule has 0 unspecified atom stereocenters. The van der Waals surface area contributed by atoms with Gasteiger partial charge in [-0.05, 0) is 45.2 Å². The monoisotopic (exact) mass is 297 g/mol. The third-order valence-electron chi connectivity index (χ3n) is 4.11. The van der Waals surface area contributed by atoms with Crippen molar-refractivity contribution >= 4 is 11.8 Å². The van der Waals surface area contributed by atoms with Crippen molar-refractivity contribution in [3.8, 4) is 0 Å². The molecule has 0 aromatic carbocycles. The largest absolute Gasteiger partial charge is 0.378 e. The normalized spacial score (nSPS) is 20.3. The second kappa shape index (κ2) is 9.00. The summed E-state index contributed by atoms with van der Waals surface area (Å²) >= 11 is 0. The molecule has 0 aromatic heterocycles. The van der Waals surface area contributed by atoms with E-state index in [0.717, 1.165) is 51.9 Å². The van der Waals surface area contributed by atoms with Crippen LogP contribution >= 0.6 is 0 Å². The zero-order valence-electron chi connectivity index (χ0n) is 12.7. The minimum Gasteiger partial charge on any atom is -0.378 e. The van der Waals surface area contributed by atoms with Crippen LogP contribution in [0.2, 0.25) is 0 Å². The fraction of sp³-hybridized carbons (Fsp3) is 0.867. The first-order valence-corrected chi connectivity index (χ1v) is 8.12. The summed E-state index contributed by atoms with van der Waals surface area (Å²) in [5.74, 6) is -0.0726. The number of nitrogens with zero attached hydrogens (tertiary/aromatic N) is 1. The van der Waals surface area contributed by atoms with Crippen LogP contribution < -0.4 is 10.6 Å². The molecule has 0 radical (unpaired) electrons. The van der Waals surface area contributed by atoms with E-state index in [1.54, 1.807) is 0 Å². The van der Waals surface area contributed by atoms with Gasteiger partial charge in [0.25, 0.3) is 0 Å². The van der Waals surface area contributed by atoms with Crippen molar-refractivity contribution in [2.24, 2.45) is 0 Å². The summed E-state index contributed by atoms with van der Waals surface area (Å²) in [5.41, 5.74) is 0. The summed E-state index contributed by atoms with van der Waals surface area (Å²) in [6.45, 7) is 4.18. The van der Waals surface area contributed by atoms with Gasteiger partial charge in [0.05, 0.1) is 19.3 Å². The maximum Gasteiger partial charge on any atom is 0.241 e. The van der Waals surface area contributed by atoms with Gasteiger partial charge in [0, 0.05) is 19.5 Å². The van der Waals surface area contributed by atoms with Gasteiger partial charge in [-0.3, -0.25) is 9.59 Å². The van der Waals surface area contributed by atoms with E-state index in [-0.39, 0.29) is 24.5 Å². The second-order valence-electron chi connectivity index (χ2n) is 5.79. The lowest BCUT2D eigenvalue weighted by atomic mass is 10.1. The van der Waals surface area contributed by atoms with E-state index < -0.39 is 0 Å². The maximum atomic E-state index is 11.9. The van der Waals surface area contributed by atoms with Crippen molar-refractivity contribution in [1.82, 2.24) is 15.5 Å². The number of rotatable bonds is 6. The van der Waals surface area contributed by atoms with Gasteiger partial charge in [-0.1, -0.05) is 0 Å². The van der Waals surface area contributed by atoms with Gasteiger partial charge < -0.3 is 20.3 Å². The molecule has 0 aromatic rings. The molecule has 2 aliphatic rings. The van der Waals surface area contributed by atoms with Gasteiger partial charge >= 0.3 is 0 Å². The second-order valence-corrected chi connectivity index (χ2v) is 5.79. The summed E-state index contributed by atoms with van der Waals surface area (Å²) < 4.78 is 5.68. The third kappa shape index (κ3) is 6.01. The van der Waals surface area contributed by atoms with Crippen molar-refractivity contribution in [3.05, 3.63) is 0 Å². The SMILES string of the molecule is O=C(CCOC1CCNCC1)NCC(=O)N1CCCCC1. The van der Waals surface area contributed by atoms with Crippen molar-refractivity contribution in [2.45, 2.75) is 44.6 Å². The van der Waals surface area contributed by atoms with Gasteiger partial charge in [-0.15, -0.1) is 0 Å². The number of carbonyl (C=O) groups is 2. The van der Waals surface area contributed by atoms with Crippen LogP contribution in [0.25, 0.3) is 0 Å². The zero-order valence-corrected chi connectivity index (χ0v) is 12.7. The lowest BCUT2D eigenvalue weighted by molar-refractivity contribution is -0.134. The Kier molecular flexibility index (Phi) is 6.95. The van der Waals surface area contributed by atoms with Crippen molar-refractivity contribution in [1.29, 1.82) is 0 Å². The van der Waals surface area contributed by atoms with E-state index in [2.05, 4.69) is 10.6 Å². The van der Waals surface area contributed by atoms with Gasteiger partial charge in [-0.2, -0.15) is 0 Å². The molecular weight excluding hydrogens is 270 g/mol. The van der Waals surface area contributed by atoms with E-state index >= 15 is 0 Å². The minimum absolute atomic E-state index is 0.0299. The molecule has 2 fully saturated rings. The molecule has 0 aliphatic carbocycles. The quantitative estimate of drug-likeness (QED) is 0.738. The Labute approximate surface area is 126 Å². The lowest BCUT2D eigenvalue weighted by Crippen LogP contribution is -2.42. The highest BCUT2D eigenvalue weighted by atomic mass is 16.5. The summed E-state index contributed by atoms with van der Waals surface area (Å²) in [6, 6.07) is 0. The third-order valence-corrected chi connectivity index (χ3v) is 4.11. The van der Waals surface area contributed by atoms with Gasteiger partial charge in [0.2, 0.25) is 11.8 Å². The topological polar surface area (TPSA) is 70.7 Å². The van der Waals surface area contributed by atoms with Crippen LogP contribution in [-0.4, -0.2) is 62.1 Å². The Hall–Kier alpha value is -1.14. The average molecular weight is 297 g/mol. The fourth-order valence-electron chi connectivity index (χ4n) is 2.80. The van der Waals surface area contributed by atoms with E-state index in [4.69, 9.17) is 4.74 Å². The molecule has 21 heavy (non-hydrogen) atoms. The van der Waals surface area contributed by atoms with Crippen LogP contribution in [0.5, 0.6) is 0 Å². The minimum atomic E-state index is -0.103. The summed E-state index contributed by atoms with van der Waals surface area (Å²) in [4.78, 5) is 25.4. The molecule has 0 saturated carbocycles. The fourth-order valence-corrected chi connectivity index (χ4v) is 2.80. The molecule has 0 bridgehead atoms. The summed E-state index contributed by atoms with van der Waals surface area (Å²) in [5, 5.41) is 5.97. The molecule has 0 atom stereocenters. The number of carbonyl (C=O) groups excluding carboxylic acids is 2. The molecule has 2 heterocycles. The van der Waals surface area contributed by atoms with Crippen LogP contribution in [0.1, 0.15) is 38.5 Å². The molecule has 6 heteroatoms. The molecule has 120 valence electrons. The molecule has 2 amide bonds. The first-order valence-electron chi connectivity index (χ1n) is 8.12. The average Bonchev–Trinajstić information content (AvgIpc) is 2.54. The number of ether oxygens (including phenoxy) is 1. The number of hydrogen-bond acceptors (Lipinski definition) is 4. The van der Waals surface area contributed by atoms with Crippen LogP contribution in [-0.2, 0) is 14.3 Å². The van der Waals surface area contributed by atoms with E-state index in [0.29, 0.717) is 13.0 Å². The summed E-state index contributed by atoms with van der Waals surface area (Å²) in [7, 11) is 0. The molecule has 2 saturated heterocycles. The number of likely N-dealkylation sites (tertiary alicyclic amines) is 1. The smallest absolute Gasteiger partial charge is 0.241 e. The van der Waals surface area contributed by atoms with Gasteiger partial charge in [0.1, 0.15) is 0 Å². The highest BCUT2D eigenvalue weighted by molar-refractivity contribution is 5.84. The standard InChI is InChI=1S/C15H27N3O3/c19-14(6-11-21-13-4-7-16-8-5-13)17-12-15(20)18-9-2-1-3-10-18/h13,16H,1-12H2,(H,17,19). The number of amides is 2. The Bertz CT molecular complexity index is 337. The van der Waals surface area contributed by atoms with Crippen LogP contribution in [0, 0.1) is 0 Å². The van der Waals surface area contributed by atoms with Crippen LogP contribution in [0.15, 0.2) is 0 Å². The van der Waals surface area contributed by atoms with Crippen molar-refractivity contribution < 1.29 is 14.3 Å². The van der Waals surface area contributed by atoms with Crippen molar-refractivity contribution in [2.75, 3.05) is 39.3 Å². The molecule has 2 aliphatic heterocycles. The highest BCUT2D eigenvalue weighted by Gasteiger charge is 2.17. The van der Waals surface area contributed by atoms with Gasteiger partial charge in [0.15, 0.2) is 0 Å². The van der Waals surface area contributed by atoms with Crippen LogP contribution in [0.4, 0.5) is 0 Å². The number of nitrogens with one attached hydrogen (secondary N) is 2. The van der Waals surface area contributed by atoms with Crippen LogP contribution in [0.3, 0.4) is 0 Å². The number of hydrogen-bond donors (Lipinski definition) is 2. The molecule has 0 spiro atoms. The lowest BCUT2D eigenvalue weighted by Gasteiger charge is -2.26. The van der Waals surface area contributed by atoms with E-state index in [9.17, 15) is 9.59 Å². The molecule has 2 rings (SSSR count). The Balaban J connectivity index is 1.53. The van der Waals surface area contributed by atoms with E-state index in [1.165, 1.54) is 6.42 Å². The molecule has 2 N–H and O–H groups in total. The Morgan fingerprint density at radius 2 is 1.86 bits per heavy atom. The Morgan fingerprint density at radius 3 is 2.57 bits per heavy atom. The zero-order chi connectivity index (χ0) is 14.9. The predicted octanol–water partition coefficient (Wildman–Crippen LogP) is 0.274. The molecule has 6 nitrogen and oxygen atoms in total. The Morgan fingerprint density at radius 1 is 1.14 bits per heavy atom. The predicted molar refractivity (Wildman–Crippen MR) is 79.9 cm³/mol.